The van der Waals surface area contributed by atoms with E-state index < -0.39 is 11.4 Å². The van der Waals surface area contributed by atoms with Gasteiger partial charge in [-0.2, -0.15) is 0 Å². The Morgan fingerprint density at radius 3 is 2.45 bits per heavy atom. The summed E-state index contributed by atoms with van der Waals surface area (Å²) in [4.78, 5) is 24.1. The van der Waals surface area contributed by atoms with Crippen LogP contribution in [-0.2, 0) is 9.59 Å². The van der Waals surface area contributed by atoms with Gasteiger partial charge in [0.05, 0.1) is 0 Å². The van der Waals surface area contributed by atoms with Crippen LogP contribution in [0.25, 0.3) is 0 Å². The topological polar surface area (TPSA) is 54.4 Å². The van der Waals surface area contributed by atoms with Crippen molar-refractivity contribution >= 4 is 11.8 Å². The van der Waals surface area contributed by atoms with Crippen LogP contribution in [0.15, 0.2) is 0 Å². The summed E-state index contributed by atoms with van der Waals surface area (Å²) in [6, 6.07) is 0. The van der Waals surface area contributed by atoms with E-state index in [9.17, 15) is 14.7 Å². The summed E-state index contributed by atoms with van der Waals surface area (Å²) in [5, 5.41) is 9.22. The second kappa shape index (κ2) is 8.71. The summed E-state index contributed by atoms with van der Waals surface area (Å²) in [5.41, 5.74) is 0.0100. The molecule has 0 radical (unpaired) electrons. The fourth-order valence-corrected chi connectivity index (χ4v) is 7.99. The second-order valence-electron chi connectivity index (χ2n) is 11.7. The molecule has 3 saturated carbocycles. The lowest BCUT2D eigenvalue weighted by molar-refractivity contribution is -0.148. The Balaban J connectivity index is 1.73. The van der Waals surface area contributed by atoms with E-state index in [1.165, 1.54) is 38.5 Å². The fourth-order valence-electron chi connectivity index (χ4n) is 7.99. The van der Waals surface area contributed by atoms with E-state index in [1.807, 2.05) is 0 Å². The van der Waals surface area contributed by atoms with Crippen molar-refractivity contribution in [3.05, 3.63) is 0 Å². The minimum absolute atomic E-state index is 0.128. The Bertz CT molecular complexity index is 611. The molecule has 1 N–H and O–H groups in total. The Kier molecular flexibility index (Phi) is 6.85. The lowest BCUT2D eigenvalue weighted by Gasteiger charge is -2.56. The predicted octanol–water partition coefficient (Wildman–Crippen LogP) is 6.74. The van der Waals surface area contributed by atoms with Crippen LogP contribution in [0.1, 0.15) is 105 Å². The molecule has 0 aromatic heterocycles. The van der Waals surface area contributed by atoms with Gasteiger partial charge >= 0.3 is 5.97 Å². The number of carboxylic acid groups (broad SMARTS) is 1. The standard InChI is InChI=1S/C26H44O3/c1-17(2)7-6-8-18(3)20-10-11-21-19-9-12-23(27)26(5,16-14-24(28)29)22(19)13-15-25(20,21)4/h17-22H,6-16H2,1-5H3,(H,28,29)/t18-,19+,20+,21-,22+,25-,26-/m1/s1. The van der Waals surface area contributed by atoms with Crippen molar-refractivity contribution in [2.24, 2.45) is 46.3 Å². The number of carboxylic acids is 1. The SMILES string of the molecule is CC(C)CCC[C@@H](C)[C@@H]1CC[C@@H]2[C@@H]3CCC(=O)[C@](C)(CCC(=O)O)[C@H]3CC[C@@]21C. The first-order chi connectivity index (χ1) is 13.6. The molecule has 0 spiro atoms. The van der Waals surface area contributed by atoms with Gasteiger partial charge in [-0.1, -0.05) is 53.9 Å². The van der Waals surface area contributed by atoms with Crippen molar-refractivity contribution in [1.29, 1.82) is 0 Å². The van der Waals surface area contributed by atoms with Crippen molar-refractivity contribution in [3.63, 3.8) is 0 Å². The second-order valence-corrected chi connectivity index (χ2v) is 11.7. The van der Waals surface area contributed by atoms with Gasteiger partial charge in [-0.3, -0.25) is 9.59 Å². The maximum atomic E-state index is 12.9. The predicted molar refractivity (Wildman–Crippen MR) is 118 cm³/mol. The first kappa shape index (κ1) is 22.8. The highest BCUT2D eigenvalue weighted by Gasteiger charge is 2.59. The van der Waals surface area contributed by atoms with Crippen molar-refractivity contribution in [3.8, 4) is 0 Å². The molecule has 3 heteroatoms. The minimum atomic E-state index is -0.766. The number of carbonyl (C=O) groups excluding carboxylic acids is 1. The molecule has 3 nitrogen and oxygen atoms in total. The zero-order valence-electron chi connectivity index (χ0n) is 19.5. The van der Waals surface area contributed by atoms with Gasteiger partial charge in [-0.15, -0.1) is 0 Å². The molecule has 0 aromatic rings. The molecule has 0 bridgehead atoms. The fraction of sp³-hybridized carbons (Fsp3) is 0.923. The smallest absolute Gasteiger partial charge is 0.303 e. The van der Waals surface area contributed by atoms with Gasteiger partial charge in [-0.05, 0) is 79.4 Å². The van der Waals surface area contributed by atoms with E-state index in [1.54, 1.807) is 0 Å². The average molecular weight is 405 g/mol. The van der Waals surface area contributed by atoms with Crippen LogP contribution in [-0.4, -0.2) is 16.9 Å². The Labute approximate surface area is 178 Å². The molecule has 0 aromatic carbocycles. The minimum Gasteiger partial charge on any atom is -0.481 e. The molecule has 3 aliphatic carbocycles. The summed E-state index contributed by atoms with van der Waals surface area (Å²) in [7, 11) is 0. The first-order valence-corrected chi connectivity index (χ1v) is 12.3. The summed E-state index contributed by atoms with van der Waals surface area (Å²) in [6.45, 7) is 11.8. The van der Waals surface area contributed by atoms with E-state index in [-0.39, 0.29) is 6.42 Å². The lowest BCUT2D eigenvalue weighted by Crippen LogP contribution is -2.52. The lowest BCUT2D eigenvalue weighted by atomic mass is 9.48. The Morgan fingerprint density at radius 1 is 1.07 bits per heavy atom. The van der Waals surface area contributed by atoms with Gasteiger partial charge in [0.2, 0.25) is 0 Å². The van der Waals surface area contributed by atoms with Crippen LogP contribution in [0.2, 0.25) is 0 Å². The van der Waals surface area contributed by atoms with E-state index in [0.717, 1.165) is 36.5 Å². The van der Waals surface area contributed by atoms with Crippen molar-refractivity contribution in [2.45, 2.75) is 105 Å². The number of aliphatic carboxylic acids is 1. The molecule has 0 unspecified atom stereocenters. The van der Waals surface area contributed by atoms with Gasteiger partial charge in [-0.25, -0.2) is 0 Å². The third-order valence-corrected chi connectivity index (χ3v) is 9.66. The summed E-state index contributed by atoms with van der Waals surface area (Å²) < 4.78 is 0. The molecule has 0 aliphatic heterocycles. The molecule has 3 rings (SSSR count). The number of hydrogen-bond donors (Lipinski definition) is 1. The molecular weight excluding hydrogens is 360 g/mol. The quantitative estimate of drug-likeness (QED) is 0.487. The summed E-state index contributed by atoms with van der Waals surface area (Å²) >= 11 is 0. The Morgan fingerprint density at radius 2 is 1.79 bits per heavy atom. The number of Topliss-reactive ketones (excluding diaryl/α,β-unsaturated/α-hetero) is 1. The maximum absolute atomic E-state index is 12.9. The van der Waals surface area contributed by atoms with Crippen molar-refractivity contribution in [2.75, 3.05) is 0 Å². The number of hydrogen-bond acceptors (Lipinski definition) is 2. The largest absolute Gasteiger partial charge is 0.481 e. The van der Waals surface area contributed by atoms with E-state index >= 15 is 0 Å². The highest BCUT2D eigenvalue weighted by Crippen LogP contribution is 2.65. The normalized spacial score (nSPS) is 40.6. The molecule has 29 heavy (non-hydrogen) atoms. The monoisotopic (exact) mass is 404 g/mol. The molecule has 0 saturated heterocycles. The number of rotatable bonds is 8. The highest BCUT2D eigenvalue weighted by molar-refractivity contribution is 5.86. The molecule has 3 fully saturated rings. The van der Waals surface area contributed by atoms with Crippen LogP contribution < -0.4 is 0 Å². The Hall–Kier alpha value is -0.860. The van der Waals surface area contributed by atoms with E-state index in [4.69, 9.17) is 0 Å². The third-order valence-electron chi connectivity index (χ3n) is 9.66. The van der Waals surface area contributed by atoms with Crippen LogP contribution in [0.3, 0.4) is 0 Å². The van der Waals surface area contributed by atoms with Crippen molar-refractivity contribution < 1.29 is 14.7 Å². The van der Waals surface area contributed by atoms with Crippen LogP contribution >= 0.6 is 0 Å². The average Bonchev–Trinajstić information content (AvgIpc) is 3.00. The molecule has 0 heterocycles. The van der Waals surface area contributed by atoms with Crippen LogP contribution in [0.4, 0.5) is 0 Å². The van der Waals surface area contributed by atoms with Crippen LogP contribution in [0.5, 0.6) is 0 Å². The summed E-state index contributed by atoms with van der Waals surface area (Å²) in [6.07, 6.45) is 11.4. The van der Waals surface area contributed by atoms with Gasteiger partial charge < -0.3 is 5.11 Å². The number of carbonyl (C=O) groups is 2. The van der Waals surface area contributed by atoms with Gasteiger partial charge in [0.1, 0.15) is 5.78 Å². The molecule has 0 amide bonds. The van der Waals surface area contributed by atoms with Gasteiger partial charge in [0.15, 0.2) is 0 Å². The van der Waals surface area contributed by atoms with Crippen LogP contribution in [0, 0.1) is 46.3 Å². The van der Waals surface area contributed by atoms with E-state index in [2.05, 4.69) is 34.6 Å². The molecular formula is C26H44O3. The van der Waals surface area contributed by atoms with Gasteiger partial charge in [0.25, 0.3) is 0 Å². The highest BCUT2D eigenvalue weighted by atomic mass is 16.4. The van der Waals surface area contributed by atoms with Crippen molar-refractivity contribution in [1.82, 2.24) is 0 Å². The number of fused-ring (bicyclic) bond motifs is 3. The third kappa shape index (κ3) is 4.30. The first-order valence-electron chi connectivity index (χ1n) is 12.3. The maximum Gasteiger partial charge on any atom is 0.303 e. The number of ketones is 1. The van der Waals surface area contributed by atoms with Gasteiger partial charge in [0, 0.05) is 18.3 Å². The zero-order chi connectivity index (χ0) is 21.4. The summed E-state index contributed by atoms with van der Waals surface area (Å²) in [5.74, 6) is 3.74. The van der Waals surface area contributed by atoms with E-state index in [0.29, 0.717) is 35.9 Å². The molecule has 166 valence electrons. The molecule has 7 atom stereocenters. The zero-order valence-corrected chi connectivity index (χ0v) is 19.5. The molecule has 3 aliphatic rings.